The third-order valence-corrected chi connectivity index (χ3v) is 6.13. The number of fused-ring (bicyclic) bond motifs is 1. The van der Waals surface area contributed by atoms with Crippen LogP contribution in [0.15, 0.2) is 23.0 Å². The molecule has 0 aromatic carbocycles. The fourth-order valence-corrected chi connectivity index (χ4v) is 4.96. The van der Waals surface area contributed by atoms with Gasteiger partial charge in [0.2, 0.25) is 11.8 Å². The Bertz CT molecular complexity index is 818. The average molecular weight is 365 g/mol. The maximum atomic E-state index is 12.3. The van der Waals surface area contributed by atoms with Crippen molar-refractivity contribution in [2.24, 2.45) is 0 Å². The molecular formula is C16H19N3O5S. The number of carbonyl (C=O) groups is 3. The summed E-state index contributed by atoms with van der Waals surface area (Å²) in [5, 5.41) is 11.6. The standard InChI is InChI=1S/C16H19N3O5S/c1-8-5-4-6-10(21)18(8)7-9(20)17-11-13(22)19-12(15(23)24)16(2,3)25-14(11)19/h4-6,11-12,14H,7H2,1-3H3,(H,17,20)(H,23,24)/t11?,12-,14+/m0/s1. The van der Waals surface area contributed by atoms with Crippen molar-refractivity contribution < 1.29 is 19.5 Å². The third kappa shape index (κ3) is 2.82. The summed E-state index contributed by atoms with van der Waals surface area (Å²) in [5.41, 5.74) is 0.352. The minimum atomic E-state index is -1.05. The molecule has 0 saturated carbocycles. The number of nitrogens with zero attached hydrogens (tertiary/aromatic N) is 2. The molecule has 1 unspecified atom stereocenters. The number of β-lactam (4-membered cyclic amide) rings is 1. The van der Waals surface area contributed by atoms with Crippen molar-refractivity contribution in [1.82, 2.24) is 14.8 Å². The molecule has 2 amide bonds. The van der Waals surface area contributed by atoms with Gasteiger partial charge < -0.3 is 19.9 Å². The number of rotatable bonds is 4. The van der Waals surface area contributed by atoms with E-state index in [0.717, 1.165) is 0 Å². The zero-order valence-corrected chi connectivity index (χ0v) is 14.9. The van der Waals surface area contributed by atoms with Crippen molar-refractivity contribution in [1.29, 1.82) is 0 Å². The molecule has 0 spiro atoms. The van der Waals surface area contributed by atoms with Crippen LogP contribution in [0.1, 0.15) is 19.5 Å². The van der Waals surface area contributed by atoms with Gasteiger partial charge in [-0.2, -0.15) is 0 Å². The lowest BCUT2D eigenvalue weighted by Crippen LogP contribution is -2.70. The molecule has 3 heterocycles. The number of hydrogen-bond donors (Lipinski definition) is 2. The average Bonchev–Trinajstić information content (AvgIpc) is 2.77. The summed E-state index contributed by atoms with van der Waals surface area (Å²) < 4.78 is 0.681. The van der Waals surface area contributed by atoms with Gasteiger partial charge in [0.05, 0.1) is 0 Å². The Hall–Kier alpha value is -2.29. The first-order valence-corrected chi connectivity index (χ1v) is 8.70. The van der Waals surface area contributed by atoms with E-state index in [9.17, 15) is 24.3 Å². The van der Waals surface area contributed by atoms with E-state index >= 15 is 0 Å². The molecule has 25 heavy (non-hydrogen) atoms. The van der Waals surface area contributed by atoms with Crippen LogP contribution in [-0.4, -0.2) is 54.6 Å². The van der Waals surface area contributed by atoms with Crippen molar-refractivity contribution in [3.63, 3.8) is 0 Å². The minimum Gasteiger partial charge on any atom is -0.480 e. The summed E-state index contributed by atoms with van der Waals surface area (Å²) in [7, 11) is 0. The summed E-state index contributed by atoms with van der Waals surface area (Å²) >= 11 is 1.36. The predicted octanol–water partition coefficient (Wildman–Crippen LogP) is -0.212. The molecule has 0 bridgehead atoms. The second-order valence-electron chi connectivity index (χ2n) is 6.73. The van der Waals surface area contributed by atoms with E-state index < -0.39 is 40.0 Å². The van der Waals surface area contributed by atoms with Crippen LogP contribution in [0.2, 0.25) is 0 Å². The van der Waals surface area contributed by atoms with Crippen LogP contribution in [0, 0.1) is 6.92 Å². The number of aliphatic carboxylic acids is 1. The quantitative estimate of drug-likeness (QED) is 0.715. The summed E-state index contributed by atoms with van der Waals surface area (Å²) in [6.07, 6.45) is 0. The molecule has 2 aliphatic heterocycles. The zero-order chi connectivity index (χ0) is 18.5. The Morgan fingerprint density at radius 1 is 1.32 bits per heavy atom. The largest absolute Gasteiger partial charge is 0.480 e. The highest BCUT2D eigenvalue weighted by Gasteiger charge is 2.64. The lowest BCUT2D eigenvalue weighted by atomic mass is 9.96. The number of amides is 2. The van der Waals surface area contributed by atoms with Gasteiger partial charge in [0.1, 0.15) is 24.0 Å². The minimum absolute atomic E-state index is 0.182. The van der Waals surface area contributed by atoms with E-state index in [1.807, 2.05) is 0 Å². The van der Waals surface area contributed by atoms with E-state index in [0.29, 0.717) is 5.69 Å². The van der Waals surface area contributed by atoms with Gasteiger partial charge in [-0.25, -0.2) is 4.79 Å². The first-order chi connectivity index (χ1) is 11.6. The summed E-state index contributed by atoms with van der Waals surface area (Å²) in [4.78, 5) is 49.2. The number of carboxylic acids is 1. The summed E-state index contributed by atoms with van der Waals surface area (Å²) in [6.45, 7) is 5.08. The number of carbonyl (C=O) groups excluding carboxylic acids is 2. The number of pyridine rings is 1. The first-order valence-electron chi connectivity index (χ1n) is 7.82. The number of aryl methyl sites for hydroxylation is 1. The Morgan fingerprint density at radius 3 is 2.60 bits per heavy atom. The van der Waals surface area contributed by atoms with Crippen LogP contribution in [0.5, 0.6) is 0 Å². The predicted molar refractivity (Wildman–Crippen MR) is 91.1 cm³/mol. The fourth-order valence-electron chi connectivity index (χ4n) is 3.33. The lowest BCUT2D eigenvalue weighted by molar-refractivity contribution is -0.161. The summed E-state index contributed by atoms with van der Waals surface area (Å²) in [5.74, 6) is -1.91. The number of carboxylic acid groups (broad SMARTS) is 1. The van der Waals surface area contributed by atoms with Gasteiger partial charge in [0.15, 0.2) is 0 Å². The molecule has 1 aromatic rings. The normalized spacial score (nSPS) is 26.8. The second-order valence-corrected chi connectivity index (χ2v) is 8.51. The Morgan fingerprint density at radius 2 is 2.00 bits per heavy atom. The molecule has 2 aliphatic rings. The van der Waals surface area contributed by atoms with Crippen molar-refractivity contribution in [3.8, 4) is 0 Å². The van der Waals surface area contributed by atoms with Crippen LogP contribution in [0.3, 0.4) is 0 Å². The highest BCUT2D eigenvalue weighted by atomic mass is 32.2. The SMILES string of the molecule is Cc1cccc(=O)n1CC(=O)NC1C(=O)N2[C@@H]1SC(C)(C)[C@@H]2C(=O)O. The maximum absolute atomic E-state index is 12.3. The van der Waals surface area contributed by atoms with Crippen molar-refractivity contribution >= 4 is 29.5 Å². The van der Waals surface area contributed by atoms with Gasteiger partial charge in [0.25, 0.3) is 5.56 Å². The molecule has 3 rings (SSSR count). The molecule has 0 aliphatic carbocycles. The fraction of sp³-hybridized carbons (Fsp3) is 0.500. The highest BCUT2D eigenvalue weighted by Crippen LogP contribution is 2.50. The van der Waals surface area contributed by atoms with E-state index in [1.165, 1.54) is 27.3 Å². The molecule has 2 saturated heterocycles. The van der Waals surface area contributed by atoms with Crippen LogP contribution in [-0.2, 0) is 20.9 Å². The van der Waals surface area contributed by atoms with Crippen molar-refractivity contribution in [2.75, 3.05) is 0 Å². The first kappa shape index (κ1) is 17.5. The smallest absolute Gasteiger partial charge is 0.327 e. The molecule has 2 fully saturated rings. The number of hydrogen-bond acceptors (Lipinski definition) is 5. The lowest BCUT2D eigenvalue weighted by Gasteiger charge is -2.43. The molecule has 2 N–H and O–H groups in total. The van der Waals surface area contributed by atoms with Crippen molar-refractivity contribution in [2.45, 2.75) is 49.5 Å². The Kier molecular flexibility index (Phi) is 4.14. The monoisotopic (exact) mass is 365 g/mol. The van der Waals surface area contributed by atoms with Crippen LogP contribution in [0.25, 0.3) is 0 Å². The van der Waals surface area contributed by atoms with Gasteiger partial charge >= 0.3 is 5.97 Å². The van der Waals surface area contributed by atoms with Gasteiger partial charge in [-0.1, -0.05) is 6.07 Å². The van der Waals surface area contributed by atoms with Gasteiger partial charge in [0, 0.05) is 16.5 Å². The van der Waals surface area contributed by atoms with E-state index in [2.05, 4.69) is 5.32 Å². The maximum Gasteiger partial charge on any atom is 0.327 e. The molecule has 0 radical (unpaired) electrons. The second kappa shape index (κ2) is 5.91. The zero-order valence-electron chi connectivity index (χ0n) is 14.1. The third-order valence-electron chi connectivity index (χ3n) is 4.56. The van der Waals surface area contributed by atoms with Gasteiger partial charge in [-0.15, -0.1) is 11.8 Å². The van der Waals surface area contributed by atoms with Crippen molar-refractivity contribution in [3.05, 3.63) is 34.2 Å². The van der Waals surface area contributed by atoms with E-state index in [-0.39, 0.29) is 12.1 Å². The van der Waals surface area contributed by atoms with Crippen LogP contribution < -0.4 is 10.9 Å². The molecule has 1 aromatic heterocycles. The van der Waals surface area contributed by atoms with Gasteiger partial charge in [-0.3, -0.25) is 14.4 Å². The van der Waals surface area contributed by atoms with Gasteiger partial charge in [-0.05, 0) is 26.8 Å². The summed E-state index contributed by atoms with van der Waals surface area (Å²) in [6, 6.07) is 3.02. The number of thioether (sulfide) groups is 1. The Labute approximate surface area is 148 Å². The van der Waals surface area contributed by atoms with E-state index in [1.54, 1.807) is 32.9 Å². The van der Waals surface area contributed by atoms with Crippen LogP contribution >= 0.6 is 11.8 Å². The molecule has 8 nitrogen and oxygen atoms in total. The van der Waals surface area contributed by atoms with Crippen LogP contribution in [0.4, 0.5) is 0 Å². The highest BCUT2D eigenvalue weighted by molar-refractivity contribution is 8.01. The molecule has 134 valence electrons. The van der Waals surface area contributed by atoms with E-state index in [4.69, 9.17) is 0 Å². The molecule has 3 atom stereocenters. The molecule has 9 heteroatoms. The Balaban J connectivity index is 1.71. The molecular weight excluding hydrogens is 346 g/mol. The topological polar surface area (TPSA) is 109 Å². The number of nitrogens with one attached hydrogen (secondary N) is 1. The number of aromatic nitrogens is 1.